The minimum atomic E-state index is -0.217. The number of aromatic nitrogens is 3. The largest absolute Gasteiger partial charge is 0.298 e. The molecule has 4 nitrogen and oxygen atoms in total. The van der Waals surface area contributed by atoms with E-state index in [1.54, 1.807) is 12.1 Å². The molecule has 0 bridgehead atoms. The fourth-order valence-corrected chi connectivity index (χ4v) is 4.41. The summed E-state index contributed by atoms with van der Waals surface area (Å²) in [5.41, 5.74) is 5.34. The van der Waals surface area contributed by atoms with Gasteiger partial charge in [0.05, 0.1) is 11.7 Å². The third-order valence-electron chi connectivity index (χ3n) is 5.79. The normalized spacial score (nSPS) is 17.6. The van der Waals surface area contributed by atoms with Crippen LogP contribution in [0.4, 0.5) is 4.39 Å². The van der Waals surface area contributed by atoms with Crippen molar-refractivity contribution in [1.29, 1.82) is 0 Å². The number of nitrogens with one attached hydrogen (secondary N) is 1. The minimum absolute atomic E-state index is 0.217. The van der Waals surface area contributed by atoms with Crippen molar-refractivity contribution >= 4 is 10.9 Å². The number of hydrogen-bond acceptors (Lipinski definition) is 3. The van der Waals surface area contributed by atoms with Crippen LogP contribution in [0, 0.1) is 5.82 Å². The van der Waals surface area contributed by atoms with E-state index in [0.717, 1.165) is 54.8 Å². The SMILES string of the molecule is Fc1cccc(-c2cn[nH]c2[C@@H]2CCCN(Cc3ccc4ncccc4c3)C2)c1. The fourth-order valence-electron chi connectivity index (χ4n) is 4.41. The standard InChI is InChI=1S/C24H23FN4/c25-21-7-1-4-18(13-21)22-14-27-28-24(22)20-6-3-11-29(16-20)15-17-8-9-23-19(12-17)5-2-10-26-23/h1-2,4-5,7-10,12-14,20H,3,6,11,15-16H2,(H,27,28)/t20-/m1/s1. The first-order chi connectivity index (χ1) is 14.3. The van der Waals surface area contributed by atoms with Crippen LogP contribution in [-0.4, -0.2) is 33.2 Å². The molecule has 0 spiro atoms. The van der Waals surface area contributed by atoms with Crippen molar-refractivity contribution in [2.45, 2.75) is 25.3 Å². The van der Waals surface area contributed by atoms with E-state index in [2.05, 4.69) is 44.3 Å². The van der Waals surface area contributed by atoms with Gasteiger partial charge in [-0.05, 0) is 60.8 Å². The van der Waals surface area contributed by atoms with Crippen LogP contribution in [0.1, 0.15) is 30.0 Å². The van der Waals surface area contributed by atoms with Gasteiger partial charge in [-0.2, -0.15) is 5.10 Å². The van der Waals surface area contributed by atoms with Crippen LogP contribution in [-0.2, 0) is 6.54 Å². The molecular weight excluding hydrogens is 363 g/mol. The molecule has 4 aromatic rings. The van der Waals surface area contributed by atoms with Crippen LogP contribution in [0.15, 0.2) is 67.0 Å². The number of aromatic amines is 1. The van der Waals surface area contributed by atoms with Crippen molar-refractivity contribution in [3.63, 3.8) is 0 Å². The van der Waals surface area contributed by atoms with Gasteiger partial charge in [0, 0.05) is 41.8 Å². The zero-order chi connectivity index (χ0) is 19.6. The van der Waals surface area contributed by atoms with Crippen molar-refractivity contribution in [1.82, 2.24) is 20.1 Å². The first-order valence-corrected chi connectivity index (χ1v) is 10.1. The summed E-state index contributed by atoms with van der Waals surface area (Å²) in [6.45, 7) is 2.98. The van der Waals surface area contributed by atoms with Gasteiger partial charge in [-0.25, -0.2) is 4.39 Å². The van der Waals surface area contributed by atoms with Gasteiger partial charge in [0.1, 0.15) is 5.82 Å². The maximum Gasteiger partial charge on any atom is 0.123 e. The lowest BCUT2D eigenvalue weighted by atomic mass is 9.90. The molecule has 0 amide bonds. The lowest BCUT2D eigenvalue weighted by Crippen LogP contribution is -2.34. The molecule has 1 saturated heterocycles. The molecule has 1 atom stereocenters. The van der Waals surface area contributed by atoms with Gasteiger partial charge in [0.15, 0.2) is 0 Å². The quantitative estimate of drug-likeness (QED) is 0.528. The molecule has 3 heterocycles. The molecule has 29 heavy (non-hydrogen) atoms. The van der Waals surface area contributed by atoms with E-state index in [4.69, 9.17) is 0 Å². The van der Waals surface area contributed by atoms with E-state index < -0.39 is 0 Å². The molecule has 5 heteroatoms. The van der Waals surface area contributed by atoms with Crippen molar-refractivity contribution in [2.75, 3.05) is 13.1 Å². The fraction of sp³-hybridized carbons (Fsp3) is 0.250. The maximum atomic E-state index is 13.7. The van der Waals surface area contributed by atoms with Crippen LogP contribution in [0.2, 0.25) is 0 Å². The molecule has 0 radical (unpaired) electrons. The van der Waals surface area contributed by atoms with Crippen LogP contribution >= 0.6 is 0 Å². The average molecular weight is 386 g/mol. The van der Waals surface area contributed by atoms with Gasteiger partial charge >= 0.3 is 0 Å². The number of pyridine rings is 1. The molecule has 1 aliphatic heterocycles. The van der Waals surface area contributed by atoms with Crippen LogP contribution in [0.3, 0.4) is 0 Å². The Morgan fingerprint density at radius 2 is 2.07 bits per heavy atom. The van der Waals surface area contributed by atoms with Gasteiger partial charge in [-0.3, -0.25) is 15.0 Å². The Hall–Kier alpha value is -3.05. The topological polar surface area (TPSA) is 44.8 Å². The average Bonchev–Trinajstić information content (AvgIpc) is 3.24. The van der Waals surface area contributed by atoms with Gasteiger partial charge in [-0.15, -0.1) is 0 Å². The zero-order valence-electron chi connectivity index (χ0n) is 16.2. The highest BCUT2D eigenvalue weighted by atomic mass is 19.1. The Bertz CT molecular complexity index is 1140. The first kappa shape index (κ1) is 18.0. The molecular formula is C24H23FN4. The number of benzene rings is 2. The summed E-state index contributed by atoms with van der Waals surface area (Å²) >= 11 is 0. The molecule has 1 N–H and O–H groups in total. The summed E-state index contributed by atoms with van der Waals surface area (Å²) in [4.78, 5) is 6.91. The molecule has 1 aliphatic rings. The van der Waals surface area contributed by atoms with Crippen molar-refractivity contribution in [3.05, 3.63) is 84.1 Å². The Morgan fingerprint density at radius 1 is 1.10 bits per heavy atom. The third kappa shape index (κ3) is 3.78. The second-order valence-electron chi connectivity index (χ2n) is 7.81. The number of halogens is 1. The van der Waals surface area contributed by atoms with Gasteiger partial charge in [-0.1, -0.05) is 24.3 Å². The highest BCUT2D eigenvalue weighted by Crippen LogP contribution is 2.33. The van der Waals surface area contributed by atoms with E-state index in [0.29, 0.717) is 5.92 Å². The number of piperidine rings is 1. The first-order valence-electron chi connectivity index (χ1n) is 10.1. The number of rotatable bonds is 4. The Morgan fingerprint density at radius 3 is 3.00 bits per heavy atom. The minimum Gasteiger partial charge on any atom is -0.298 e. The van der Waals surface area contributed by atoms with Crippen molar-refractivity contribution in [2.24, 2.45) is 0 Å². The zero-order valence-corrected chi connectivity index (χ0v) is 16.2. The number of likely N-dealkylation sites (tertiary alicyclic amines) is 1. The Kier molecular flexibility index (Phi) is 4.82. The molecule has 146 valence electrons. The molecule has 0 unspecified atom stereocenters. The molecule has 0 saturated carbocycles. The van der Waals surface area contributed by atoms with Crippen molar-refractivity contribution < 1.29 is 4.39 Å². The summed E-state index contributed by atoms with van der Waals surface area (Å²) in [6, 6.07) is 17.4. The van der Waals surface area contributed by atoms with Crippen LogP contribution in [0.25, 0.3) is 22.0 Å². The number of fused-ring (bicyclic) bond motifs is 1. The van der Waals surface area contributed by atoms with E-state index >= 15 is 0 Å². The van der Waals surface area contributed by atoms with Gasteiger partial charge < -0.3 is 0 Å². The van der Waals surface area contributed by atoms with E-state index in [1.165, 1.54) is 17.0 Å². The number of H-pyrrole nitrogens is 1. The number of hydrogen-bond donors (Lipinski definition) is 1. The van der Waals surface area contributed by atoms with Crippen molar-refractivity contribution in [3.8, 4) is 11.1 Å². The summed E-state index contributed by atoms with van der Waals surface area (Å²) in [7, 11) is 0. The predicted octanol–water partition coefficient (Wildman–Crippen LogP) is 5.14. The second-order valence-corrected chi connectivity index (χ2v) is 7.81. The van der Waals surface area contributed by atoms with E-state index in [9.17, 15) is 4.39 Å². The highest BCUT2D eigenvalue weighted by Gasteiger charge is 2.25. The highest BCUT2D eigenvalue weighted by molar-refractivity contribution is 5.78. The lowest BCUT2D eigenvalue weighted by molar-refractivity contribution is 0.198. The molecule has 2 aromatic carbocycles. The van der Waals surface area contributed by atoms with Gasteiger partial charge in [0.2, 0.25) is 0 Å². The van der Waals surface area contributed by atoms with E-state index in [1.807, 2.05) is 24.5 Å². The van der Waals surface area contributed by atoms with Crippen LogP contribution in [0.5, 0.6) is 0 Å². The van der Waals surface area contributed by atoms with Crippen LogP contribution < -0.4 is 0 Å². The smallest absolute Gasteiger partial charge is 0.123 e. The maximum absolute atomic E-state index is 13.7. The number of nitrogens with zero attached hydrogens (tertiary/aromatic N) is 3. The van der Waals surface area contributed by atoms with Gasteiger partial charge in [0.25, 0.3) is 0 Å². The molecule has 0 aliphatic carbocycles. The molecule has 2 aromatic heterocycles. The Labute approximate surface area is 169 Å². The molecule has 1 fully saturated rings. The molecule has 5 rings (SSSR count). The third-order valence-corrected chi connectivity index (χ3v) is 5.79. The summed E-state index contributed by atoms with van der Waals surface area (Å²) in [5, 5.41) is 8.65. The summed E-state index contributed by atoms with van der Waals surface area (Å²) in [6.07, 6.45) is 5.90. The summed E-state index contributed by atoms with van der Waals surface area (Å²) in [5.74, 6) is 0.150. The monoisotopic (exact) mass is 386 g/mol. The Balaban J connectivity index is 1.35. The summed E-state index contributed by atoms with van der Waals surface area (Å²) < 4.78 is 13.7. The second kappa shape index (κ2) is 7.76. The van der Waals surface area contributed by atoms with E-state index in [-0.39, 0.29) is 5.82 Å². The predicted molar refractivity (Wildman–Crippen MR) is 113 cm³/mol. The lowest BCUT2D eigenvalue weighted by Gasteiger charge is -2.32.